The number of hydrogen-bond acceptors (Lipinski definition) is 2. The number of hydrogen-bond donors (Lipinski definition) is 0. The SMILES string of the molecule is Clc1cccc([C@H]2SCc3nc4ccccc4n32)c1Cl. The van der Waals surface area contributed by atoms with Gasteiger partial charge in [-0.3, -0.25) is 0 Å². The van der Waals surface area contributed by atoms with Gasteiger partial charge in [0, 0.05) is 5.56 Å². The highest BCUT2D eigenvalue weighted by molar-refractivity contribution is 7.99. The molecule has 5 heteroatoms. The average molecular weight is 321 g/mol. The standard InChI is InChI=1S/C15H10Cl2N2S/c16-10-5-3-4-9(14(10)17)15-19-12-7-2-1-6-11(12)18-13(19)8-20-15/h1-7,15H,8H2/t15-/m1/s1. The molecule has 0 spiro atoms. The summed E-state index contributed by atoms with van der Waals surface area (Å²) in [5, 5.41) is 1.38. The number of para-hydroxylation sites is 2. The van der Waals surface area contributed by atoms with Gasteiger partial charge in [-0.25, -0.2) is 4.98 Å². The zero-order chi connectivity index (χ0) is 13.7. The molecule has 0 radical (unpaired) electrons. The van der Waals surface area contributed by atoms with Gasteiger partial charge in [-0.15, -0.1) is 11.8 Å². The van der Waals surface area contributed by atoms with Crippen molar-refractivity contribution in [3.63, 3.8) is 0 Å². The molecule has 1 aliphatic rings. The number of fused-ring (bicyclic) bond motifs is 3. The second kappa shape index (κ2) is 4.69. The smallest absolute Gasteiger partial charge is 0.121 e. The van der Waals surface area contributed by atoms with E-state index in [1.54, 1.807) is 0 Å². The van der Waals surface area contributed by atoms with E-state index in [4.69, 9.17) is 23.2 Å². The van der Waals surface area contributed by atoms with E-state index in [-0.39, 0.29) is 5.37 Å². The van der Waals surface area contributed by atoms with Crippen LogP contribution in [0, 0.1) is 0 Å². The maximum Gasteiger partial charge on any atom is 0.121 e. The van der Waals surface area contributed by atoms with E-state index in [1.165, 1.54) is 0 Å². The second-order valence-electron chi connectivity index (χ2n) is 4.69. The zero-order valence-corrected chi connectivity index (χ0v) is 12.7. The third-order valence-electron chi connectivity index (χ3n) is 3.52. The third-order valence-corrected chi connectivity index (χ3v) is 5.56. The van der Waals surface area contributed by atoms with Crippen LogP contribution in [0.4, 0.5) is 0 Å². The highest BCUT2D eigenvalue weighted by Gasteiger charge is 2.29. The normalized spacial score (nSPS) is 17.6. The third kappa shape index (κ3) is 1.77. The molecule has 0 N–H and O–H groups in total. The quantitative estimate of drug-likeness (QED) is 0.618. The van der Waals surface area contributed by atoms with Crippen molar-refractivity contribution in [1.29, 1.82) is 0 Å². The van der Waals surface area contributed by atoms with Crippen LogP contribution < -0.4 is 0 Å². The van der Waals surface area contributed by atoms with Gasteiger partial charge in [0.15, 0.2) is 0 Å². The van der Waals surface area contributed by atoms with E-state index in [9.17, 15) is 0 Å². The predicted molar refractivity (Wildman–Crippen MR) is 85.6 cm³/mol. The Labute approximate surface area is 130 Å². The summed E-state index contributed by atoms with van der Waals surface area (Å²) in [6, 6.07) is 14.0. The Morgan fingerprint density at radius 1 is 1.10 bits per heavy atom. The van der Waals surface area contributed by atoms with E-state index in [0.29, 0.717) is 10.0 Å². The Bertz CT molecular complexity index is 813. The first-order chi connectivity index (χ1) is 9.75. The van der Waals surface area contributed by atoms with Crippen molar-refractivity contribution in [2.45, 2.75) is 11.1 Å². The van der Waals surface area contributed by atoms with Gasteiger partial charge < -0.3 is 4.57 Å². The Morgan fingerprint density at radius 2 is 1.95 bits per heavy atom. The van der Waals surface area contributed by atoms with Gasteiger partial charge in [-0.2, -0.15) is 0 Å². The molecule has 0 fully saturated rings. The lowest BCUT2D eigenvalue weighted by molar-refractivity contribution is 0.794. The number of aromatic nitrogens is 2. The lowest BCUT2D eigenvalue weighted by Gasteiger charge is -2.16. The average Bonchev–Trinajstić information content (AvgIpc) is 3.01. The Morgan fingerprint density at radius 3 is 2.85 bits per heavy atom. The van der Waals surface area contributed by atoms with Gasteiger partial charge in [0.05, 0.1) is 26.8 Å². The molecular formula is C15H10Cl2N2S. The zero-order valence-electron chi connectivity index (χ0n) is 10.4. The van der Waals surface area contributed by atoms with E-state index < -0.39 is 0 Å². The van der Waals surface area contributed by atoms with Crippen molar-refractivity contribution >= 4 is 46.0 Å². The Balaban J connectivity index is 1.94. The molecule has 1 aromatic heterocycles. The van der Waals surface area contributed by atoms with Crippen molar-refractivity contribution in [2.24, 2.45) is 0 Å². The summed E-state index contributed by atoms with van der Waals surface area (Å²) in [7, 11) is 0. The van der Waals surface area contributed by atoms with Crippen LogP contribution in [-0.2, 0) is 5.75 Å². The molecule has 1 aliphatic heterocycles. The number of rotatable bonds is 1. The second-order valence-corrected chi connectivity index (χ2v) is 6.55. The summed E-state index contributed by atoms with van der Waals surface area (Å²) in [6.07, 6.45) is 0. The number of halogens is 2. The van der Waals surface area contributed by atoms with E-state index >= 15 is 0 Å². The van der Waals surface area contributed by atoms with Crippen LogP contribution in [0.15, 0.2) is 42.5 Å². The van der Waals surface area contributed by atoms with Crippen LogP contribution in [0.2, 0.25) is 10.0 Å². The summed E-state index contributed by atoms with van der Waals surface area (Å²) < 4.78 is 2.26. The molecule has 2 aromatic carbocycles. The molecule has 4 rings (SSSR count). The van der Waals surface area contributed by atoms with Crippen LogP contribution >= 0.6 is 35.0 Å². The molecule has 2 heterocycles. The summed E-state index contributed by atoms with van der Waals surface area (Å²) in [5.41, 5.74) is 3.23. The van der Waals surface area contributed by atoms with Crippen LogP contribution in [0.3, 0.4) is 0 Å². The first-order valence-electron chi connectivity index (χ1n) is 6.27. The first-order valence-corrected chi connectivity index (χ1v) is 8.07. The maximum atomic E-state index is 6.38. The molecular weight excluding hydrogens is 311 g/mol. The first kappa shape index (κ1) is 12.6. The fourth-order valence-corrected chi connectivity index (χ4v) is 4.37. The molecule has 100 valence electrons. The Kier molecular flexibility index (Phi) is 2.95. The summed E-state index contributed by atoms with van der Waals surface area (Å²) >= 11 is 14.4. The van der Waals surface area contributed by atoms with Crippen molar-refractivity contribution < 1.29 is 0 Å². The molecule has 3 aromatic rings. The lowest BCUT2D eigenvalue weighted by atomic mass is 10.2. The maximum absolute atomic E-state index is 6.38. The molecule has 0 saturated carbocycles. The number of benzene rings is 2. The molecule has 1 atom stereocenters. The lowest BCUT2D eigenvalue weighted by Crippen LogP contribution is -2.04. The highest BCUT2D eigenvalue weighted by atomic mass is 35.5. The minimum atomic E-state index is 0.142. The van der Waals surface area contributed by atoms with E-state index in [1.807, 2.05) is 48.2 Å². The molecule has 0 bridgehead atoms. The van der Waals surface area contributed by atoms with Crippen molar-refractivity contribution in [3.05, 3.63) is 63.9 Å². The van der Waals surface area contributed by atoms with E-state index in [0.717, 1.165) is 28.2 Å². The van der Waals surface area contributed by atoms with Crippen LogP contribution in [-0.4, -0.2) is 9.55 Å². The predicted octanol–water partition coefficient (Wildman–Crippen LogP) is 5.14. The molecule has 2 nitrogen and oxygen atoms in total. The van der Waals surface area contributed by atoms with Gasteiger partial charge >= 0.3 is 0 Å². The van der Waals surface area contributed by atoms with Crippen LogP contribution in [0.25, 0.3) is 11.0 Å². The number of imidazole rings is 1. The monoisotopic (exact) mass is 320 g/mol. The fourth-order valence-electron chi connectivity index (χ4n) is 2.63. The van der Waals surface area contributed by atoms with Gasteiger partial charge in [0.1, 0.15) is 11.2 Å². The molecule has 0 amide bonds. The number of nitrogens with zero attached hydrogens (tertiary/aromatic N) is 2. The molecule has 20 heavy (non-hydrogen) atoms. The van der Waals surface area contributed by atoms with Gasteiger partial charge in [0.2, 0.25) is 0 Å². The van der Waals surface area contributed by atoms with Crippen molar-refractivity contribution in [2.75, 3.05) is 0 Å². The van der Waals surface area contributed by atoms with Crippen LogP contribution in [0.5, 0.6) is 0 Å². The number of thioether (sulfide) groups is 1. The largest absolute Gasteiger partial charge is 0.310 e. The van der Waals surface area contributed by atoms with Crippen LogP contribution in [0.1, 0.15) is 16.8 Å². The molecule has 0 unspecified atom stereocenters. The molecule has 0 aliphatic carbocycles. The van der Waals surface area contributed by atoms with Crippen molar-refractivity contribution in [1.82, 2.24) is 9.55 Å². The fraction of sp³-hybridized carbons (Fsp3) is 0.133. The minimum absolute atomic E-state index is 0.142. The van der Waals surface area contributed by atoms with Gasteiger partial charge in [0.25, 0.3) is 0 Å². The minimum Gasteiger partial charge on any atom is -0.310 e. The topological polar surface area (TPSA) is 17.8 Å². The Hall–Kier alpha value is -1.16. The molecule has 0 saturated heterocycles. The van der Waals surface area contributed by atoms with Gasteiger partial charge in [-0.05, 0) is 18.2 Å². The highest BCUT2D eigenvalue weighted by Crippen LogP contribution is 2.45. The summed E-state index contributed by atoms with van der Waals surface area (Å²) in [4.78, 5) is 4.69. The van der Waals surface area contributed by atoms with Gasteiger partial charge in [-0.1, -0.05) is 47.5 Å². The summed E-state index contributed by atoms with van der Waals surface area (Å²) in [6.45, 7) is 0. The van der Waals surface area contributed by atoms with E-state index in [2.05, 4.69) is 15.6 Å². The van der Waals surface area contributed by atoms with Crippen molar-refractivity contribution in [3.8, 4) is 0 Å². The summed E-state index contributed by atoms with van der Waals surface area (Å²) in [5.74, 6) is 1.99.